The van der Waals surface area contributed by atoms with Crippen molar-refractivity contribution in [3.8, 4) is 0 Å². The van der Waals surface area contributed by atoms with Gasteiger partial charge in [0.1, 0.15) is 5.82 Å². The maximum Gasteiger partial charge on any atom is 0.243 e. The van der Waals surface area contributed by atoms with Crippen LogP contribution in [0.25, 0.3) is 0 Å². The summed E-state index contributed by atoms with van der Waals surface area (Å²) >= 11 is 0. The van der Waals surface area contributed by atoms with Crippen LogP contribution in [-0.2, 0) is 22.9 Å². The first-order chi connectivity index (χ1) is 15.9. The Morgan fingerprint density at radius 1 is 0.848 bits per heavy atom. The van der Waals surface area contributed by atoms with Crippen LogP contribution >= 0.6 is 0 Å². The van der Waals surface area contributed by atoms with Crippen molar-refractivity contribution in [1.29, 1.82) is 0 Å². The molecule has 3 aliphatic rings. The van der Waals surface area contributed by atoms with Gasteiger partial charge in [-0.2, -0.15) is 4.31 Å². The molecule has 1 saturated heterocycles. The summed E-state index contributed by atoms with van der Waals surface area (Å²) in [6.45, 7) is 6.11. The minimum atomic E-state index is -3.69. The first-order valence-corrected chi connectivity index (χ1v) is 13.7. The number of nitrogens with zero attached hydrogens (tertiary/aromatic N) is 3. The first kappa shape index (κ1) is 22.8. The van der Waals surface area contributed by atoms with Gasteiger partial charge in [0.25, 0.3) is 0 Å². The molecule has 2 aliphatic heterocycles. The van der Waals surface area contributed by atoms with E-state index >= 15 is 0 Å². The number of aryl methyl sites for hydroxylation is 1. The van der Waals surface area contributed by atoms with Gasteiger partial charge in [-0.15, -0.1) is 0 Å². The molecule has 0 amide bonds. The minimum absolute atomic E-state index is 0.0767. The molecule has 5 nitrogen and oxygen atoms in total. The predicted molar refractivity (Wildman–Crippen MR) is 130 cm³/mol. The highest BCUT2D eigenvalue weighted by Gasteiger charge is 2.30. The van der Waals surface area contributed by atoms with E-state index in [-0.39, 0.29) is 4.90 Å². The summed E-state index contributed by atoms with van der Waals surface area (Å²) in [4.78, 5) is 5.06. The highest BCUT2D eigenvalue weighted by molar-refractivity contribution is 7.89. The van der Waals surface area contributed by atoms with Crippen molar-refractivity contribution < 1.29 is 12.8 Å². The smallest absolute Gasteiger partial charge is 0.243 e. The fourth-order valence-electron chi connectivity index (χ4n) is 5.74. The zero-order valence-corrected chi connectivity index (χ0v) is 20.3. The van der Waals surface area contributed by atoms with E-state index in [4.69, 9.17) is 0 Å². The SMILES string of the molecule is Cc1ccc(F)cc1S(=O)(=O)N1CCN(c2ccc3c(c2)CCN(C2CCCC2)CC3)CC1. The second-order valence-electron chi connectivity index (χ2n) is 9.73. The number of hydrogen-bond acceptors (Lipinski definition) is 4. The van der Waals surface area contributed by atoms with E-state index in [0.29, 0.717) is 31.7 Å². The summed E-state index contributed by atoms with van der Waals surface area (Å²) in [6.07, 6.45) is 7.66. The van der Waals surface area contributed by atoms with E-state index in [9.17, 15) is 12.8 Å². The summed E-state index contributed by atoms with van der Waals surface area (Å²) in [5.41, 5.74) is 4.67. The predicted octanol–water partition coefficient (Wildman–Crippen LogP) is 3.99. The molecule has 7 heteroatoms. The van der Waals surface area contributed by atoms with Gasteiger partial charge in [0.05, 0.1) is 4.90 Å². The van der Waals surface area contributed by atoms with Crippen LogP contribution in [0.15, 0.2) is 41.3 Å². The topological polar surface area (TPSA) is 43.9 Å². The third-order valence-corrected chi connectivity index (χ3v) is 9.78. The Balaban J connectivity index is 1.25. The summed E-state index contributed by atoms with van der Waals surface area (Å²) in [6, 6.07) is 11.6. The van der Waals surface area contributed by atoms with Crippen molar-refractivity contribution in [3.05, 3.63) is 58.9 Å². The monoisotopic (exact) mass is 471 g/mol. The van der Waals surface area contributed by atoms with Crippen LogP contribution in [0.5, 0.6) is 0 Å². The van der Waals surface area contributed by atoms with Crippen molar-refractivity contribution >= 4 is 15.7 Å². The zero-order chi connectivity index (χ0) is 23.0. The second-order valence-corrected chi connectivity index (χ2v) is 11.6. The Bertz CT molecular complexity index is 1110. The van der Waals surface area contributed by atoms with Crippen molar-refractivity contribution in [3.63, 3.8) is 0 Å². The van der Waals surface area contributed by atoms with E-state index in [1.807, 2.05) is 0 Å². The van der Waals surface area contributed by atoms with Crippen LogP contribution in [0.3, 0.4) is 0 Å². The van der Waals surface area contributed by atoms with Crippen molar-refractivity contribution in [2.45, 2.75) is 56.4 Å². The number of benzene rings is 2. The lowest BCUT2D eigenvalue weighted by atomic mass is 10.0. The maximum absolute atomic E-state index is 13.7. The summed E-state index contributed by atoms with van der Waals surface area (Å²) in [5, 5.41) is 0. The molecule has 178 valence electrons. The molecule has 1 saturated carbocycles. The van der Waals surface area contributed by atoms with Crippen molar-refractivity contribution in [2.75, 3.05) is 44.2 Å². The standard InChI is InChI=1S/C26H34FN3O2S/c1-20-6-8-23(27)19-26(20)33(31,32)30-16-14-29(15-17-30)25-9-7-21-10-12-28(13-11-22(21)18-25)24-4-2-3-5-24/h6-9,18-19,24H,2-5,10-17H2,1H3. The van der Waals surface area contributed by atoms with Gasteiger partial charge < -0.3 is 4.90 Å². The van der Waals surface area contributed by atoms with Crippen LogP contribution in [0.1, 0.15) is 42.4 Å². The Labute approximate surface area is 197 Å². The highest BCUT2D eigenvalue weighted by Crippen LogP contribution is 2.29. The number of anilines is 1. The molecule has 1 aliphatic carbocycles. The van der Waals surface area contributed by atoms with E-state index in [2.05, 4.69) is 28.0 Å². The van der Waals surface area contributed by atoms with Gasteiger partial charge in [-0.1, -0.05) is 25.0 Å². The third kappa shape index (κ3) is 4.68. The Kier molecular flexibility index (Phi) is 6.47. The highest BCUT2D eigenvalue weighted by atomic mass is 32.2. The lowest BCUT2D eigenvalue weighted by Crippen LogP contribution is -2.48. The van der Waals surface area contributed by atoms with E-state index < -0.39 is 15.8 Å². The molecule has 2 aromatic rings. The molecule has 0 N–H and O–H groups in total. The molecule has 0 unspecified atom stereocenters. The van der Waals surface area contributed by atoms with Gasteiger partial charge >= 0.3 is 0 Å². The van der Waals surface area contributed by atoms with E-state index in [0.717, 1.165) is 38.0 Å². The zero-order valence-electron chi connectivity index (χ0n) is 19.5. The molecule has 0 aromatic heterocycles. The summed E-state index contributed by atoms with van der Waals surface area (Å²) in [7, 11) is -3.69. The van der Waals surface area contributed by atoms with Crippen LogP contribution in [0.4, 0.5) is 10.1 Å². The van der Waals surface area contributed by atoms with Gasteiger partial charge in [0.15, 0.2) is 0 Å². The molecular formula is C26H34FN3O2S. The Morgan fingerprint density at radius 3 is 2.27 bits per heavy atom. The van der Waals surface area contributed by atoms with Gasteiger partial charge in [0, 0.05) is 51.0 Å². The van der Waals surface area contributed by atoms with Gasteiger partial charge in [-0.3, -0.25) is 4.90 Å². The fraction of sp³-hybridized carbons (Fsp3) is 0.538. The van der Waals surface area contributed by atoms with Crippen molar-refractivity contribution in [2.24, 2.45) is 0 Å². The lowest BCUT2D eigenvalue weighted by molar-refractivity contribution is 0.208. The molecule has 0 bridgehead atoms. The number of fused-ring (bicyclic) bond motifs is 1. The number of hydrogen-bond donors (Lipinski definition) is 0. The van der Waals surface area contributed by atoms with E-state index in [1.54, 1.807) is 6.92 Å². The van der Waals surface area contributed by atoms with Crippen LogP contribution in [-0.4, -0.2) is 62.9 Å². The van der Waals surface area contributed by atoms with Crippen LogP contribution in [0.2, 0.25) is 0 Å². The third-order valence-electron chi connectivity index (χ3n) is 7.74. The number of halogens is 1. The molecule has 5 rings (SSSR count). The summed E-state index contributed by atoms with van der Waals surface area (Å²) in [5.74, 6) is -0.519. The second kappa shape index (κ2) is 9.35. The molecule has 0 radical (unpaired) electrons. The Morgan fingerprint density at radius 2 is 1.55 bits per heavy atom. The fourth-order valence-corrected chi connectivity index (χ4v) is 7.40. The Hall–Kier alpha value is -1.96. The summed E-state index contributed by atoms with van der Waals surface area (Å²) < 4.78 is 41.4. The maximum atomic E-state index is 13.7. The molecule has 2 fully saturated rings. The molecular weight excluding hydrogens is 437 g/mol. The molecule has 0 atom stereocenters. The molecule has 33 heavy (non-hydrogen) atoms. The van der Waals surface area contributed by atoms with Gasteiger partial charge in [-0.25, -0.2) is 12.8 Å². The molecule has 2 heterocycles. The van der Waals surface area contributed by atoms with E-state index in [1.165, 1.54) is 58.9 Å². The van der Waals surface area contributed by atoms with Crippen molar-refractivity contribution in [1.82, 2.24) is 9.21 Å². The van der Waals surface area contributed by atoms with Crippen LogP contribution in [0, 0.1) is 12.7 Å². The number of rotatable bonds is 4. The number of sulfonamides is 1. The number of piperazine rings is 1. The average molecular weight is 472 g/mol. The lowest BCUT2D eigenvalue weighted by Gasteiger charge is -2.36. The largest absolute Gasteiger partial charge is 0.369 e. The van der Waals surface area contributed by atoms with Gasteiger partial charge in [0.2, 0.25) is 10.0 Å². The van der Waals surface area contributed by atoms with Gasteiger partial charge in [-0.05, 0) is 73.6 Å². The molecule has 0 spiro atoms. The quantitative estimate of drug-likeness (QED) is 0.677. The minimum Gasteiger partial charge on any atom is -0.369 e. The first-order valence-electron chi connectivity index (χ1n) is 12.3. The van der Waals surface area contributed by atoms with Crippen LogP contribution < -0.4 is 4.90 Å². The normalized spacial score (nSPS) is 21.2. The molecule has 2 aromatic carbocycles. The average Bonchev–Trinajstić information content (AvgIpc) is 3.27.